The first-order chi connectivity index (χ1) is 11.0. The van der Waals surface area contributed by atoms with E-state index >= 15 is 0 Å². The molecule has 0 aliphatic rings. The van der Waals surface area contributed by atoms with E-state index in [4.69, 9.17) is 9.57 Å². The number of carboxylic acid groups (broad SMARTS) is 1. The van der Waals surface area contributed by atoms with Gasteiger partial charge in [-0.1, -0.05) is 23.4 Å². The smallest absolute Gasteiger partial charge is 0.358 e. The zero-order valence-corrected chi connectivity index (χ0v) is 13.4. The summed E-state index contributed by atoms with van der Waals surface area (Å²) in [5.41, 5.74) is 2.16. The number of benzene rings is 2. The molecule has 2 aromatic carbocycles. The molecule has 0 aromatic heterocycles. The van der Waals surface area contributed by atoms with Gasteiger partial charge < -0.3 is 14.7 Å². The predicted octanol–water partition coefficient (Wildman–Crippen LogP) is 3.92. The molecule has 0 unspecified atom stereocenters. The molecule has 0 spiro atoms. The van der Waals surface area contributed by atoms with Crippen molar-refractivity contribution in [3.63, 3.8) is 0 Å². The van der Waals surface area contributed by atoms with Crippen LogP contribution < -0.4 is 4.74 Å². The van der Waals surface area contributed by atoms with Crippen LogP contribution in [0.2, 0.25) is 0 Å². The van der Waals surface area contributed by atoms with Crippen molar-refractivity contribution in [3.8, 4) is 11.5 Å². The van der Waals surface area contributed by atoms with Crippen LogP contribution in [0.3, 0.4) is 0 Å². The maximum atomic E-state index is 11.3. The molecule has 0 saturated carbocycles. The molecule has 0 heterocycles. The minimum absolute atomic E-state index is 0.119. The van der Waals surface area contributed by atoms with Crippen LogP contribution in [0.15, 0.2) is 47.6 Å². The summed E-state index contributed by atoms with van der Waals surface area (Å²) in [6.07, 6.45) is 0. The van der Waals surface area contributed by atoms with Gasteiger partial charge in [0.1, 0.15) is 18.1 Å². The molecule has 1 N–H and O–H groups in total. The molecule has 0 fully saturated rings. The maximum absolute atomic E-state index is 11.3. The lowest BCUT2D eigenvalue weighted by Crippen LogP contribution is -2.16. The van der Waals surface area contributed by atoms with E-state index in [0.29, 0.717) is 17.9 Å². The molecular formula is C18H19NO4. The van der Waals surface area contributed by atoms with E-state index in [2.05, 4.69) is 5.16 Å². The Hall–Kier alpha value is -2.82. The molecule has 0 aliphatic carbocycles. The number of hydrogen-bond acceptors (Lipinski definition) is 4. The fraction of sp³-hybridized carbons (Fsp3) is 0.222. The summed E-state index contributed by atoms with van der Waals surface area (Å²) in [7, 11) is 0. The maximum Gasteiger partial charge on any atom is 0.358 e. The predicted molar refractivity (Wildman–Crippen MR) is 88.2 cm³/mol. The van der Waals surface area contributed by atoms with Gasteiger partial charge in [-0.15, -0.1) is 0 Å². The van der Waals surface area contributed by atoms with Gasteiger partial charge in [-0.25, -0.2) is 4.79 Å². The molecule has 0 bridgehead atoms. The Morgan fingerprint density at radius 1 is 1.13 bits per heavy atom. The molecular weight excluding hydrogens is 294 g/mol. The molecule has 2 aromatic rings. The van der Waals surface area contributed by atoms with E-state index in [0.717, 1.165) is 16.9 Å². The van der Waals surface area contributed by atoms with Gasteiger partial charge in [0.25, 0.3) is 0 Å². The largest absolute Gasteiger partial charge is 0.476 e. The Bertz CT molecular complexity index is 738. The normalized spacial score (nSPS) is 11.2. The molecule has 5 heteroatoms. The Morgan fingerprint density at radius 2 is 1.87 bits per heavy atom. The standard InChI is InChI=1S/C18H19NO4/c1-4-22-19-17(18(20)21)15-10-9-14(11-13(15)3)23-16-8-6-5-7-12(16)2/h5-11H,4H2,1-3H3,(H,20,21). The van der Waals surface area contributed by atoms with Crippen LogP contribution in [0.1, 0.15) is 23.6 Å². The van der Waals surface area contributed by atoms with Crippen molar-refractivity contribution in [1.29, 1.82) is 0 Å². The lowest BCUT2D eigenvalue weighted by atomic mass is 10.0. The average Bonchev–Trinajstić information content (AvgIpc) is 2.51. The molecule has 2 rings (SSSR count). The number of oxime groups is 1. The topological polar surface area (TPSA) is 68.1 Å². The van der Waals surface area contributed by atoms with Gasteiger partial charge in [-0.2, -0.15) is 0 Å². The van der Waals surface area contributed by atoms with Crippen molar-refractivity contribution in [2.75, 3.05) is 6.61 Å². The SMILES string of the molecule is CCON=C(C(=O)O)c1ccc(Oc2ccccc2C)cc1C. The van der Waals surface area contributed by atoms with Gasteiger partial charge >= 0.3 is 5.97 Å². The minimum atomic E-state index is -1.13. The van der Waals surface area contributed by atoms with E-state index in [1.807, 2.05) is 38.1 Å². The van der Waals surface area contributed by atoms with Gasteiger partial charge in [0.05, 0.1) is 0 Å². The van der Waals surface area contributed by atoms with Crippen LogP contribution >= 0.6 is 0 Å². The molecule has 5 nitrogen and oxygen atoms in total. The zero-order valence-electron chi connectivity index (χ0n) is 13.4. The van der Waals surface area contributed by atoms with Crippen molar-refractivity contribution < 1.29 is 19.5 Å². The molecule has 0 atom stereocenters. The first kappa shape index (κ1) is 16.5. The Kier molecular flexibility index (Phi) is 5.36. The second-order valence-electron chi connectivity index (χ2n) is 5.01. The molecule has 0 amide bonds. The van der Waals surface area contributed by atoms with Crippen LogP contribution in [0, 0.1) is 13.8 Å². The van der Waals surface area contributed by atoms with Crippen molar-refractivity contribution in [1.82, 2.24) is 0 Å². The summed E-state index contributed by atoms with van der Waals surface area (Å²) >= 11 is 0. The minimum Gasteiger partial charge on any atom is -0.476 e. The summed E-state index contributed by atoms with van der Waals surface area (Å²) in [5.74, 6) is 0.275. The number of carboxylic acids is 1. The molecule has 0 radical (unpaired) electrons. The Morgan fingerprint density at radius 3 is 2.48 bits per heavy atom. The third kappa shape index (κ3) is 4.10. The van der Waals surface area contributed by atoms with Gasteiger partial charge in [0.2, 0.25) is 0 Å². The van der Waals surface area contributed by atoms with Gasteiger partial charge in [0, 0.05) is 5.56 Å². The number of para-hydroxylation sites is 1. The molecule has 120 valence electrons. The highest BCUT2D eigenvalue weighted by Gasteiger charge is 2.16. The van der Waals surface area contributed by atoms with Crippen LogP contribution in [-0.2, 0) is 9.63 Å². The number of carbonyl (C=O) groups is 1. The fourth-order valence-corrected chi connectivity index (χ4v) is 2.10. The zero-order chi connectivity index (χ0) is 16.8. The van der Waals surface area contributed by atoms with Gasteiger partial charge in [-0.3, -0.25) is 0 Å². The third-order valence-electron chi connectivity index (χ3n) is 3.26. The number of aryl methyl sites for hydroxylation is 2. The Balaban J connectivity index is 2.30. The summed E-state index contributed by atoms with van der Waals surface area (Å²) in [5, 5.41) is 13.0. The monoisotopic (exact) mass is 313 g/mol. The van der Waals surface area contributed by atoms with E-state index in [-0.39, 0.29) is 5.71 Å². The van der Waals surface area contributed by atoms with Crippen LogP contribution in [-0.4, -0.2) is 23.4 Å². The first-order valence-corrected chi connectivity index (χ1v) is 7.30. The van der Waals surface area contributed by atoms with Crippen molar-refractivity contribution in [3.05, 3.63) is 59.2 Å². The second-order valence-corrected chi connectivity index (χ2v) is 5.01. The average molecular weight is 313 g/mol. The number of ether oxygens (including phenoxy) is 1. The van der Waals surface area contributed by atoms with Crippen molar-refractivity contribution >= 4 is 11.7 Å². The number of nitrogens with zero attached hydrogens (tertiary/aromatic N) is 1. The fourth-order valence-electron chi connectivity index (χ4n) is 2.10. The van der Waals surface area contributed by atoms with Gasteiger partial charge in [0.15, 0.2) is 5.71 Å². The molecule has 23 heavy (non-hydrogen) atoms. The molecule has 0 saturated heterocycles. The van der Waals surface area contributed by atoms with E-state index in [9.17, 15) is 9.90 Å². The first-order valence-electron chi connectivity index (χ1n) is 7.30. The van der Waals surface area contributed by atoms with E-state index < -0.39 is 5.97 Å². The van der Waals surface area contributed by atoms with Crippen LogP contribution in [0.5, 0.6) is 11.5 Å². The van der Waals surface area contributed by atoms with E-state index in [1.54, 1.807) is 25.1 Å². The summed E-state index contributed by atoms with van der Waals surface area (Å²) in [6.45, 7) is 5.83. The number of hydrogen-bond donors (Lipinski definition) is 1. The van der Waals surface area contributed by atoms with Crippen LogP contribution in [0.25, 0.3) is 0 Å². The van der Waals surface area contributed by atoms with Crippen molar-refractivity contribution in [2.45, 2.75) is 20.8 Å². The van der Waals surface area contributed by atoms with E-state index in [1.165, 1.54) is 0 Å². The van der Waals surface area contributed by atoms with Gasteiger partial charge in [-0.05, 0) is 56.2 Å². The second kappa shape index (κ2) is 7.45. The summed E-state index contributed by atoms with van der Waals surface area (Å²) in [6, 6.07) is 12.9. The highest BCUT2D eigenvalue weighted by Crippen LogP contribution is 2.26. The quantitative estimate of drug-likeness (QED) is 0.648. The number of aliphatic carboxylic acids is 1. The Labute approximate surface area is 135 Å². The lowest BCUT2D eigenvalue weighted by Gasteiger charge is -2.11. The molecule has 0 aliphatic heterocycles. The third-order valence-corrected chi connectivity index (χ3v) is 3.26. The summed E-state index contributed by atoms with van der Waals surface area (Å²) in [4.78, 5) is 16.2. The highest BCUT2D eigenvalue weighted by atomic mass is 16.6. The number of rotatable bonds is 6. The van der Waals surface area contributed by atoms with Crippen molar-refractivity contribution in [2.24, 2.45) is 5.16 Å². The highest BCUT2D eigenvalue weighted by molar-refractivity contribution is 6.42. The summed E-state index contributed by atoms with van der Waals surface area (Å²) < 4.78 is 5.85. The van der Waals surface area contributed by atoms with Crippen LogP contribution in [0.4, 0.5) is 0 Å². The lowest BCUT2D eigenvalue weighted by molar-refractivity contribution is -0.129.